The maximum Gasteiger partial charge on any atom is 0.227 e. The monoisotopic (exact) mass is 487 g/mol. The first kappa shape index (κ1) is 22.4. The average Bonchev–Trinajstić information content (AvgIpc) is 3.08. The summed E-state index contributed by atoms with van der Waals surface area (Å²) in [7, 11) is 0. The number of rotatable bonds is 8. The summed E-state index contributed by atoms with van der Waals surface area (Å²) in [6, 6.07) is 9.72. The third-order valence-electron chi connectivity index (χ3n) is 3.35. The first-order valence-electron chi connectivity index (χ1n) is 8.45. The molecule has 0 radical (unpaired) electrons. The molecule has 0 unspecified atom stereocenters. The molecule has 2 heterocycles. The second-order valence-electron chi connectivity index (χ2n) is 5.48. The average molecular weight is 487 g/mol. The Labute approximate surface area is 175 Å². The highest BCUT2D eigenvalue weighted by Crippen LogP contribution is 2.08. The summed E-state index contributed by atoms with van der Waals surface area (Å²) < 4.78 is 0. The number of amides is 1. The van der Waals surface area contributed by atoms with E-state index < -0.39 is 0 Å². The van der Waals surface area contributed by atoms with Crippen LogP contribution in [0.2, 0.25) is 0 Å². The van der Waals surface area contributed by atoms with Gasteiger partial charge < -0.3 is 16.0 Å². The number of nitrogens with zero attached hydrogens (tertiary/aromatic N) is 2. The highest BCUT2D eigenvalue weighted by atomic mass is 127. The van der Waals surface area contributed by atoms with Gasteiger partial charge in [0.15, 0.2) is 5.96 Å². The molecule has 0 atom stereocenters. The van der Waals surface area contributed by atoms with Gasteiger partial charge in [-0.3, -0.25) is 9.79 Å². The maximum absolute atomic E-state index is 12.0. The van der Waals surface area contributed by atoms with Gasteiger partial charge >= 0.3 is 0 Å². The highest BCUT2D eigenvalue weighted by Gasteiger charge is 2.04. The SMILES string of the molecule is CCNC(=NCCc1cccs1)NCCC(=O)Nc1cccc(C)n1.I. The van der Waals surface area contributed by atoms with Crippen molar-refractivity contribution in [3.63, 3.8) is 0 Å². The number of carbonyl (C=O) groups excluding carboxylic acids is 1. The zero-order valence-electron chi connectivity index (χ0n) is 15.1. The number of aromatic nitrogens is 1. The minimum atomic E-state index is -0.0694. The van der Waals surface area contributed by atoms with Gasteiger partial charge in [-0.1, -0.05) is 12.1 Å². The summed E-state index contributed by atoms with van der Waals surface area (Å²) in [4.78, 5) is 22.1. The summed E-state index contributed by atoms with van der Waals surface area (Å²) in [5.41, 5.74) is 0.878. The van der Waals surface area contributed by atoms with E-state index in [0.29, 0.717) is 18.8 Å². The summed E-state index contributed by atoms with van der Waals surface area (Å²) in [5.74, 6) is 1.25. The quantitative estimate of drug-likeness (QED) is 0.304. The van der Waals surface area contributed by atoms with Crippen molar-refractivity contribution in [1.82, 2.24) is 15.6 Å². The van der Waals surface area contributed by atoms with Crippen LogP contribution in [0.25, 0.3) is 0 Å². The molecular formula is C18H26IN5OS. The number of guanidine groups is 1. The van der Waals surface area contributed by atoms with Crippen molar-refractivity contribution in [2.45, 2.75) is 26.7 Å². The van der Waals surface area contributed by atoms with E-state index in [9.17, 15) is 4.79 Å². The van der Waals surface area contributed by atoms with E-state index >= 15 is 0 Å². The lowest BCUT2D eigenvalue weighted by atomic mass is 10.3. The number of halogens is 1. The number of pyridine rings is 1. The molecule has 6 nitrogen and oxygen atoms in total. The lowest BCUT2D eigenvalue weighted by molar-refractivity contribution is -0.116. The molecule has 0 bridgehead atoms. The molecule has 0 spiro atoms. The molecule has 2 aromatic heterocycles. The van der Waals surface area contributed by atoms with Gasteiger partial charge in [-0.2, -0.15) is 0 Å². The van der Waals surface area contributed by atoms with Crippen molar-refractivity contribution in [1.29, 1.82) is 0 Å². The van der Waals surface area contributed by atoms with Gasteiger partial charge in [-0.25, -0.2) is 4.98 Å². The molecule has 2 rings (SSSR count). The molecular weight excluding hydrogens is 461 g/mol. The van der Waals surface area contributed by atoms with Gasteiger partial charge in [-0.05, 0) is 37.4 Å². The predicted molar refractivity (Wildman–Crippen MR) is 120 cm³/mol. The molecule has 142 valence electrons. The zero-order chi connectivity index (χ0) is 17.9. The van der Waals surface area contributed by atoms with Crippen molar-refractivity contribution >= 4 is 53.0 Å². The van der Waals surface area contributed by atoms with Crippen LogP contribution in [-0.4, -0.2) is 36.5 Å². The van der Waals surface area contributed by atoms with Gasteiger partial charge in [0.05, 0.1) is 0 Å². The van der Waals surface area contributed by atoms with Crippen molar-refractivity contribution in [3.8, 4) is 0 Å². The van der Waals surface area contributed by atoms with Crippen molar-refractivity contribution in [2.75, 3.05) is 25.0 Å². The van der Waals surface area contributed by atoms with Gasteiger partial charge in [0, 0.05) is 43.0 Å². The van der Waals surface area contributed by atoms with Gasteiger partial charge in [0.1, 0.15) is 5.82 Å². The van der Waals surface area contributed by atoms with E-state index in [4.69, 9.17) is 0 Å². The number of carbonyl (C=O) groups is 1. The zero-order valence-corrected chi connectivity index (χ0v) is 18.3. The summed E-state index contributed by atoms with van der Waals surface area (Å²) >= 11 is 1.74. The van der Waals surface area contributed by atoms with Crippen LogP contribution in [0, 0.1) is 6.92 Å². The van der Waals surface area contributed by atoms with Gasteiger partial charge in [-0.15, -0.1) is 35.3 Å². The van der Waals surface area contributed by atoms with Crippen LogP contribution in [0.15, 0.2) is 40.7 Å². The number of anilines is 1. The summed E-state index contributed by atoms with van der Waals surface area (Å²) in [6.45, 7) is 5.93. The molecule has 26 heavy (non-hydrogen) atoms. The molecule has 8 heteroatoms. The number of aliphatic imine (C=N–C) groups is 1. The molecule has 0 aliphatic carbocycles. The molecule has 2 aromatic rings. The van der Waals surface area contributed by atoms with E-state index in [2.05, 4.69) is 43.4 Å². The Balaban J connectivity index is 0.00000338. The number of hydrogen-bond donors (Lipinski definition) is 3. The minimum Gasteiger partial charge on any atom is -0.357 e. The summed E-state index contributed by atoms with van der Waals surface area (Å²) in [6.07, 6.45) is 1.28. The van der Waals surface area contributed by atoms with Gasteiger partial charge in [0.25, 0.3) is 0 Å². The lowest BCUT2D eigenvalue weighted by Crippen LogP contribution is -2.38. The first-order valence-corrected chi connectivity index (χ1v) is 9.33. The molecule has 0 saturated heterocycles. The first-order chi connectivity index (χ1) is 12.2. The van der Waals surface area contributed by atoms with Gasteiger partial charge in [0.2, 0.25) is 5.91 Å². The third kappa shape index (κ3) is 8.61. The van der Waals surface area contributed by atoms with Crippen molar-refractivity contribution < 1.29 is 4.79 Å². The third-order valence-corrected chi connectivity index (χ3v) is 4.29. The smallest absolute Gasteiger partial charge is 0.227 e. The number of aryl methyl sites for hydroxylation is 1. The predicted octanol–water partition coefficient (Wildman–Crippen LogP) is 3.20. The van der Waals surface area contributed by atoms with E-state index in [1.807, 2.05) is 26.0 Å². The fraction of sp³-hybridized carbons (Fsp3) is 0.389. The van der Waals surface area contributed by atoms with Crippen LogP contribution >= 0.6 is 35.3 Å². The Morgan fingerprint density at radius 2 is 2.08 bits per heavy atom. The summed E-state index contributed by atoms with van der Waals surface area (Å²) in [5, 5.41) is 11.3. The van der Waals surface area contributed by atoms with Crippen LogP contribution in [0.5, 0.6) is 0 Å². The number of hydrogen-bond acceptors (Lipinski definition) is 4. The number of nitrogens with one attached hydrogen (secondary N) is 3. The topological polar surface area (TPSA) is 78.4 Å². The molecule has 0 saturated carbocycles. The molecule has 0 fully saturated rings. The van der Waals surface area contributed by atoms with E-state index in [1.54, 1.807) is 17.4 Å². The van der Waals surface area contributed by atoms with E-state index in [1.165, 1.54) is 4.88 Å². The minimum absolute atomic E-state index is 0. The Kier molecular flexibility index (Phi) is 10.9. The van der Waals surface area contributed by atoms with E-state index in [0.717, 1.165) is 31.2 Å². The standard InChI is InChI=1S/C18H25N5OS.HI/c1-3-19-18(20-11-9-15-7-5-13-25-15)21-12-10-17(24)23-16-8-4-6-14(2)22-16;/h4-8,13H,3,9-12H2,1-2H3,(H2,19,20,21)(H,22,23,24);1H. The highest BCUT2D eigenvalue weighted by molar-refractivity contribution is 14.0. The Hall–Kier alpha value is -1.68. The molecule has 0 aliphatic heterocycles. The fourth-order valence-electron chi connectivity index (χ4n) is 2.19. The largest absolute Gasteiger partial charge is 0.357 e. The normalized spacial score (nSPS) is 10.8. The molecule has 0 aromatic carbocycles. The Morgan fingerprint density at radius 1 is 1.23 bits per heavy atom. The van der Waals surface area contributed by atoms with Crippen LogP contribution in [0.3, 0.4) is 0 Å². The van der Waals surface area contributed by atoms with Crippen LogP contribution in [0.1, 0.15) is 23.9 Å². The Morgan fingerprint density at radius 3 is 2.77 bits per heavy atom. The Bertz CT molecular complexity index is 691. The van der Waals surface area contributed by atoms with Crippen molar-refractivity contribution in [2.24, 2.45) is 4.99 Å². The second kappa shape index (κ2) is 12.6. The molecule has 1 amide bonds. The lowest BCUT2D eigenvalue weighted by Gasteiger charge is -2.11. The van der Waals surface area contributed by atoms with Crippen LogP contribution in [-0.2, 0) is 11.2 Å². The number of thiophene rings is 1. The second-order valence-corrected chi connectivity index (χ2v) is 6.51. The van der Waals surface area contributed by atoms with Crippen LogP contribution < -0.4 is 16.0 Å². The van der Waals surface area contributed by atoms with E-state index in [-0.39, 0.29) is 29.9 Å². The molecule has 0 aliphatic rings. The van der Waals surface area contributed by atoms with Crippen LogP contribution in [0.4, 0.5) is 5.82 Å². The molecule has 3 N–H and O–H groups in total. The maximum atomic E-state index is 12.0. The fourth-order valence-corrected chi connectivity index (χ4v) is 2.89. The van der Waals surface area contributed by atoms with Crippen molar-refractivity contribution in [3.05, 3.63) is 46.3 Å².